The molecule has 0 fully saturated rings. The van der Waals surface area contributed by atoms with Gasteiger partial charge in [-0.1, -0.05) is 12.1 Å². The molecule has 0 aliphatic rings. The Morgan fingerprint density at radius 3 is 2.77 bits per heavy atom. The summed E-state index contributed by atoms with van der Waals surface area (Å²) in [4.78, 5) is 9.35. The zero-order valence-electron chi connectivity index (χ0n) is 18.7. The Morgan fingerprint density at radius 2 is 2.00 bits per heavy atom. The maximum absolute atomic E-state index is 5.67. The summed E-state index contributed by atoms with van der Waals surface area (Å²) in [5.41, 5.74) is 3.27. The highest BCUT2D eigenvalue weighted by atomic mass is 16.5. The van der Waals surface area contributed by atoms with Crippen molar-refractivity contribution in [3.8, 4) is 11.5 Å². The van der Waals surface area contributed by atoms with Gasteiger partial charge in [-0.3, -0.25) is 4.99 Å². The van der Waals surface area contributed by atoms with Gasteiger partial charge in [0.15, 0.2) is 17.5 Å². The van der Waals surface area contributed by atoms with E-state index in [1.54, 1.807) is 7.11 Å². The zero-order chi connectivity index (χ0) is 21.9. The van der Waals surface area contributed by atoms with Crippen LogP contribution in [0.25, 0.3) is 5.65 Å². The molecule has 1 aromatic carbocycles. The molecule has 2 N–H and O–H groups in total. The number of pyridine rings is 1. The second-order valence-electron chi connectivity index (χ2n) is 7.16. The van der Waals surface area contributed by atoms with E-state index in [2.05, 4.69) is 40.9 Å². The van der Waals surface area contributed by atoms with E-state index in [0.717, 1.165) is 67.7 Å². The third kappa shape index (κ3) is 6.64. The van der Waals surface area contributed by atoms with Crippen LogP contribution in [-0.2, 0) is 12.8 Å². The first-order valence-electron chi connectivity index (χ1n) is 11.0. The van der Waals surface area contributed by atoms with Crippen LogP contribution in [0.4, 0.5) is 0 Å². The summed E-state index contributed by atoms with van der Waals surface area (Å²) in [6, 6.07) is 12.1. The van der Waals surface area contributed by atoms with Gasteiger partial charge in [-0.25, -0.2) is 4.98 Å². The van der Waals surface area contributed by atoms with E-state index in [4.69, 9.17) is 14.5 Å². The number of nitrogens with zero attached hydrogens (tertiary/aromatic N) is 3. The minimum atomic E-state index is 0.622. The van der Waals surface area contributed by atoms with Crippen LogP contribution in [0.15, 0.2) is 53.8 Å². The third-order valence-electron chi connectivity index (χ3n) is 4.85. The summed E-state index contributed by atoms with van der Waals surface area (Å²) in [5, 5.41) is 6.72. The van der Waals surface area contributed by atoms with Gasteiger partial charge in [0.2, 0.25) is 0 Å². The molecular weight excluding hydrogens is 390 g/mol. The minimum Gasteiger partial charge on any atom is -0.493 e. The molecule has 0 atom stereocenters. The monoisotopic (exact) mass is 423 g/mol. The maximum Gasteiger partial charge on any atom is 0.191 e. The van der Waals surface area contributed by atoms with Crippen LogP contribution in [-0.4, -0.2) is 48.7 Å². The van der Waals surface area contributed by atoms with Gasteiger partial charge in [-0.15, -0.1) is 0 Å². The highest BCUT2D eigenvalue weighted by molar-refractivity contribution is 5.79. The molecule has 0 aliphatic carbocycles. The summed E-state index contributed by atoms with van der Waals surface area (Å²) < 4.78 is 13.1. The first kappa shape index (κ1) is 22.5. The summed E-state index contributed by atoms with van der Waals surface area (Å²) >= 11 is 0. The Bertz CT molecular complexity index is 950. The lowest BCUT2D eigenvalue weighted by atomic mass is 10.1. The van der Waals surface area contributed by atoms with Crippen LogP contribution >= 0.6 is 0 Å². The van der Waals surface area contributed by atoms with Crippen LogP contribution in [0, 0.1) is 0 Å². The number of aromatic nitrogens is 2. The molecule has 2 heterocycles. The van der Waals surface area contributed by atoms with E-state index >= 15 is 0 Å². The zero-order valence-corrected chi connectivity index (χ0v) is 18.7. The Labute approximate surface area is 184 Å². The number of benzene rings is 1. The number of rotatable bonds is 11. The van der Waals surface area contributed by atoms with Crippen molar-refractivity contribution in [2.24, 2.45) is 4.99 Å². The van der Waals surface area contributed by atoms with Crippen molar-refractivity contribution in [3.05, 3.63) is 60.0 Å². The van der Waals surface area contributed by atoms with Crippen molar-refractivity contribution in [1.29, 1.82) is 0 Å². The van der Waals surface area contributed by atoms with Gasteiger partial charge in [0.25, 0.3) is 0 Å². The summed E-state index contributed by atoms with van der Waals surface area (Å²) in [6.07, 6.45) is 6.84. The molecule has 0 aliphatic heterocycles. The smallest absolute Gasteiger partial charge is 0.191 e. The average Bonchev–Trinajstić information content (AvgIpc) is 3.20. The molecule has 0 unspecified atom stereocenters. The van der Waals surface area contributed by atoms with Crippen molar-refractivity contribution in [3.63, 3.8) is 0 Å². The number of hydrogen-bond acceptors (Lipinski definition) is 4. The molecule has 7 heteroatoms. The molecule has 0 saturated heterocycles. The van der Waals surface area contributed by atoms with Crippen molar-refractivity contribution in [2.75, 3.05) is 33.4 Å². The molecule has 3 rings (SSSR count). The summed E-state index contributed by atoms with van der Waals surface area (Å²) in [5.74, 6) is 2.41. The van der Waals surface area contributed by atoms with Crippen LogP contribution in [0.2, 0.25) is 0 Å². The lowest BCUT2D eigenvalue weighted by Gasteiger charge is -2.12. The molecular formula is C24H33N5O2. The van der Waals surface area contributed by atoms with E-state index in [9.17, 15) is 0 Å². The van der Waals surface area contributed by atoms with Gasteiger partial charge in [0, 0.05) is 38.4 Å². The number of hydrogen-bond donors (Lipinski definition) is 2. The Morgan fingerprint density at radius 1 is 1.10 bits per heavy atom. The predicted octanol–water partition coefficient (Wildman–Crippen LogP) is 3.47. The Kier molecular flexibility index (Phi) is 8.58. The van der Waals surface area contributed by atoms with Crippen molar-refractivity contribution >= 4 is 11.6 Å². The van der Waals surface area contributed by atoms with Crippen LogP contribution in [0.1, 0.15) is 31.5 Å². The lowest BCUT2D eigenvalue weighted by Crippen LogP contribution is -2.38. The highest BCUT2D eigenvalue weighted by Crippen LogP contribution is 2.28. The number of guanidine groups is 1. The molecule has 31 heavy (non-hydrogen) atoms. The number of imidazole rings is 1. The van der Waals surface area contributed by atoms with Gasteiger partial charge >= 0.3 is 0 Å². The van der Waals surface area contributed by atoms with Crippen molar-refractivity contribution < 1.29 is 9.47 Å². The molecule has 0 amide bonds. The van der Waals surface area contributed by atoms with E-state index in [-0.39, 0.29) is 0 Å². The maximum atomic E-state index is 5.67. The summed E-state index contributed by atoms with van der Waals surface area (Å²) in [7, 11) is 1.66. The number of aliphatic imine (C=N–C) groups is 1. The number of fused-ring (bicyclic) bond motifs is 1. The highest BCUT2D eigenvalue weighted by Gasteiger charge is 2.06. The number of aryl methyl sites for hydroxylation is 1. The largest absolute Gasteiger partial charge is 0.493 e. The fourth-order valence-corrected chi connectivity index (χ4v) is 3.38. The minimum absolute atomic E-state index is 0.622. The van der Waals surface area contributed by atoms with Gasteiger partial charge in [-0.2, -0.15) is 0 Å². The molecule has 2 aromatic heterocycles. The molecule has 7 nitrogen and oxygen atoms in total. The second-order valence-corrected chi connectivity index (χ2v) is 7.16. The topological polar surface area (TPSA) is 72.2 Å². The standard InChI is InChI=1S/C24H33N5O2/c1-4-25-24(27-15-13-20-18-29-16-7-6-10-23(29)28-20)26-14-8-9-19-11-12-21(30-3)22(17-19)31-5-2/h6-7,10-12,16-18H,4-5,8-9,13-15H2,1-3H3,(H2,25,26,27). The SMILES string of the molecule is CCNC(=NCCCc1ccc(OC)c(OCC)c1)NCCc1cn2ccccc2n1. The molecule has 3 aromatic rings. The van der Waals surface area contributed by atoms with E-state index in [1.165, 1.54) is 5.56 Å². The van der Waals surface area contributed by atoms with Crippen LogP contribution in [0.5, 0.6) is 11.5 Å². The molecule has 0 radical (unpaired) electrons. The van der Waals surface area contributed by atoms with Gasteiger partial charge in [0.1, 0.15) is 5.65 Å². The summed E-state index contributed by atoms with van der Waals surface area (Å²) in [6.45, 7) is 7.04. The fourth-order valence-electron chi connectivity index (χ4n) is 3.38. The lowest BCUT2D eigenvalue weighted by molar-refractivity contribution is 0.310. The average molecular weight is 424 g/mol. The first-order valence-corrected chi connectivity index (χ1v) is 11.0. The molecule has 0 saturated carbocycles. The molecule has 166 valence electrons. The number of ether oxygens (including phenoxy) is 2. The predicted molar refractivity (Wildman–Crippen MR) is 125 cm³/mol. The van der Waals surface area contributed by atoms with E-state index in [1.807, 2.05) is 41.8 Å². The van der Waals surface area contributed by atoms with Crippen molar-refractivity contribution in [2.45, 2.75) is 33.1 Å². The van der Waals surface area contributed by atoms with Gasteiger partial charge in [-0.05, 0) is 56.5 Å². The molecule has 0 spiro atoms. The van der Waals surface area contributed by atoms with Crippen LogP contribution < -0.4 is 20.1 Å². The first-order chi connectivity index (χ1) is 15.2. The molecule has 0 bridgehead atoms. The normalized spacial score (nSPS) is 11.5. The number of nitrogens with one attached hydrogen (secondary N) is 2. The fraction of sp³-hybridized carbons (Fsp3) is 0.417. The van der Waals surface area contributed by atoms with Gasteiger partial charge < -0.3 is 24.5 Å². The van der Waals surface area contributed by atoms with E-state index < -0.39 is 0 Å². The Hall–Kier alpha value is -3.22. The van der Waals surface area contributed by atoms with Gasteiger partial charge in [0.05, 0.1) is 19.4 Å². The second kappa shape index (κ2) is 11.8. The van der Waals surface area contributed by atoms with Crippen molar-refractivity contribution in [1.82, 2.24) is 20.0 Å². The number of methoxy groups -OCH3 is 1. The Balaban J connectivity index is 1.47. The third-order valence-corrected chi connectivity index (χ3v) is 4.85. The van der Waals surface area contributed by atoms with Crippen LogP contribution in [0.3, 0.4) is 0 Å². The van der Waals surface area contributed by atoms with E-state index in [0.29, 0.717) is 6.61 Å². The quantitative estimate of drug-likeness (QED) is 0.281.